The van der Waals surface area contributed by atoms with E-state index in [9.17, 15) is 0 Å². The molecule has 0 unspecified atom stereocenters. The highest BCUT2D eigenvalue weighted by Gasteiger charge is 2.21. The number of pyridine rings is 1. The Kier molecular flexibility index (Phi) is 5.80. The van der Waals surface area contributed by atoms with Crippen LogP contribution >= 0.6 is 0 Å². The van der Waals surface area contributed by atoms with Crippen molar-refractivity contribution in [1.82, 2.24) is 9.88 Å². The number of hydrogen-bond acceptors (Lipinski definition) is 4. The van der Waals surface area contributed by atoms with Crippen molar-refractivity contribution >= 4 is 5.82 Å². The van der Waals surface area contributed by atoms with Crippen LogP contribution in [0.15, 0.2) is 18.2 Å². The number of nitrogens with zero attached hydrogens (tertiary/aromatic N) is 2. The maximum Gasteiger partial charge on any atom is 0.126 e. The molecule has 0 bridgehead atoms. The van der Waals surface area contributed by atoms with Crippen molar-refractivity contribution in [3.63, 3.8) is 0 Å². The fraction of sp³-hybridized carbons (Fsp3) is 0.688. The molecule has 2 heterocycles. The van der Waals surface area contributed by atoms with Gasteiger partial charge >= 0.3 is 0 Å². The Morgan fingerprint density at radius 3 is 3.05 bits per heavy atom. The van der Waals surface area contributed by atoms with Crippen molar-refractivity contribution in [2.45, 2.75) is 33.3 Å². The normalized spacial score (nSPS) is 19.7. The molecule has 0 amide bonds. The summed E-state index contributed by atoms with van der Waals surface area (Å²) in [6, 6.07) is 6.11. The third kappa shape index (κ3) is 5.10. The van der Waals surface area contributed by atoms with E-state index in [2.05, 4.69) is 35.1 Å². The number of likely N-dealkylation sites (tertiary alicyclic amines) is 1. The Labute approximate surface area is 122 Å². The SMILES string of the molecule is Cc1cccc(NC[C@@H]2CCN(CCOC(C)C)C2)n1. The fourth-order valence-corrected chi connectivity index (χ4v) is 2.59. The Balaban J connectivity index is 1.66. The molecule has 1 atom stereocenters. The maximum absolute atomic E-state index is 5.61. The van der Waals surface area contributed by atoms with E-state index >= 15 is 0 Å². The van der Waals surface area contributed by atoms with Crippen LogP contribution in [0.2, 0.25) is 0 Å². The molecular weight excluding hydrogens is 250 g/mol. The second-order valence-electron chi connectivity index (χ2n) is 5.92. The van der Waals surface area contributed by atoms with E-state index in [1.807, 2.05) is 19.1 Å². The van der Waals surface area contributed by atoms with Crippen LogP contribution < -0.4 is 5.32 Å². The van der Waals surface area contributed by atoms with Crippen LogP contribution in [0.5, 0.6) is 0 Å². The smallest absolute Gasteiger partial charge is 0.126 e. The standard InChI is InChI=1S/C16H27N3O/c1-13(2)20-10-9-19-8-7-15(12-19)11-17-16-6-4-5-14(3)18-16/h4-6,13,15H,7-12H2,1-3H3,(H,17,18)/t15-/m0/s1. The van der Waals surface area contributed by atoms with Gasteiger partial charge in [-0.15, -0.1) is 0 Å². The van der Waals surface area contributed by atoms with Crippen LogP contribution in [0.4, 0.5) is 5.82 Å². The van der Waals surface area contributed by atoms with E-state index in [-0.39, 0.29) is 0 Å². The lowest BCUT2D eigenvalue weighted by Gasteiger charge is -2.17. The number of ether oxygens (including phenoxy) is 1. The minimum absolute atomic E-state index is 0.336. The Morgan fingerprint density at radius 1 is 1.45 bits per heavy atom. The van der Waals surface area contributed by atoms with E-state index in [4.69, 9.17) is 4.74 Å². The van der Waals surface area contributed by atoms with Crippen LogP contribution in [0, 0.1) is 12.8 Å². The fourth-order valence-electron chi connectivity index (χ4n) is 2.59. The zero-order chi connectivity index (χ0) is 14.4. The summed E-state index contributed by atoms with van der Waals surface area (Å²) in [6.45, 7) is 11.5. The van der Waals surface area contributed by atoms with Gasteiger partial charge in [0.05, 0.1) is 12.7 Å². The lowest BCUT2D eigenvalue weighted by molar-refractivity contribution is 0.0630. The van der Waals surface area contributed by atoms with Crippen molar-refractivity contribution in [2.75, 3.05) is 38.1 Å². The first-order valence-electron chi connectivity index (χ1n) is 7.65. The molecule has 0 saturated carbocycles. The average Bonchev–Trinajstić information content (AvgIpc) is 2.84. The molecule has 0 radical (unpaired) electrons. The summed E-state index contributed by atoms with van der Waals surface area (Å²) in [4.78, 5) is 6.98. The zero-order valence-electron chi connectivity index (χ0n) is 12.9. The second-order valence-corrected chi connectivity index (χ2v) is 5.92. The monoisotopic (exact) mass is 277 g/mol. The third-order valence-electron chi connectivity index (χ3n) is 3.69. The van der Waals surface area contributed by atoms with Crippen LogP contribution in [-0.2, 0) is 4.74 Å². The van der Waals surface area contributed by atoms with Crippen molar-refractivity contribution in [3.8, 4) is 0 Å². The minimum Gasteiger partial charge on any atom is -0.377 e. The Bertz CT molecular complexity index is 408. The first kappa shape index (κ1) is 15.3. The van der Waals surface area contributed by atoms with E-state index in [1.54, 1.807) is 0 Å². The van der Waals surface area contributed by atoms with Gasteiger partial charge < -0.3 is 15.0 Å². The highest BCUT2D eigenvalue weighted by Crippen LogP contribution is 2.16. The van der Waals surface area contributed by atoms with Gasteiger partial charge in [0.2, 0.25) is 0 Å². The van der Waals surface area contributed by atoms with Gasteiger partial charge in [-0.1, -0.05) is 6.07 Å². The second kappa shape index (κ2) is 7.60. The molecule has 2 rings (SSSR count). The van der Waals surface area contributed by atoms with Gasteiger partial charge in [-0.2, -0.15) is 0 Å². The van der Waals surface area contributed by atoms with Gasteiger partial charge in [0, 0.05) is 25.3 Å². The number of aromatic nitrogens is 1. The molecule has 1 fully saturated rings. The summed E-state index contributed by atoms with van der Waals surface area (Å²) in [5.74, 6) is 1.71. The summed E-state index contributed by atoms with van der Waals surface area (Å²) >= 11 is 0. The molecule has 1 aromatic heterocycles. The van der Waals surface area contributed by atoms with E-state index < -0.39 is 0 Å². The highest BCUT2D eigenvalue weighted by atomic mass is 16.5. The summed E-state index contributed by atoms with van der Waals surface area (Å²) < 4.78 is 5.61. The number of rotatable bonds is 7. The predicted molar refractivity (Wildman–Crippen MR) is 83.1 cm³/mol. The summed E-state index contributed by atoms with van der Waals surface area (Å²) in [6.07, 6.45) is 1.60. The molecule has 1 saturated heterocycles. The van der Waals surface area contributed by atoms with Crippen LogP contribution in [0.25, 0.3) is 0 Å². The molecule has 0 aromatic carbocycles. The number of hydrogen-bond donors (Lipinski definition) is 1. The van der Waals surface area contributed by atoms with Crippen molar-refractivity contribution < 1.29 is 4.74 Å². The lowest BCUT2D eigenvalue weighted by atomic mass is 10.1. The first-order valence-corrected chi connectivity index (χ1v) is 7.65. The van der Waals surface area contributed by atoms with Crippen molar-refractivity contribution in [1.29, 1.82) is 0 Å². The average molecular weight is 277 g/mol. The summed E-state index contributed by atoms with van der Waals surface area (Å²) in [5.41, 5.74) is 1.06. The summed E-state index contributed by atoms with van der Waals surface area (Å²) in [7, 11) is 0. The van der Waals surface area contributed by atoms with Gasteiger partial charge in [0.1, 0.15) is 5.82 Å². The van der Waals surface area contributed by atoms with Crippen molar-refractivity contribution in [2.24, 2.45) is 5.92 Å². The largest absolute Gasteiger partial charge is 0.377 e. The van der Waals surface area contributed by atoms with Crippen molar-refractivity contribution in [3.05, 3.63) is 23.9 Å². The van der Waals surface area contributed by atoms with Crippen LogP contribution in [0.1, 0.15) is 26.0 Å². The van der Waals surface area contributed by atoms with E-state index in [0.29, 0.717) is 6.10 Å². The molecule has 0 aliphatic carbocycles. The topological polar surface area (TPSA) is 37.4 Å². The molecule has 4 heteroatoms. The van der Waals surface area contributed by atoms with E-state index in [0.717, 1.165) is 37.1 Å². The Morgan fingerprint density at radius 2 is 2.30 bits per heavy atom. The van der Waals surface area contributed by atoms with E-state index in [1.165, 1.54) is 19.5 Å². The molecule has 1 aliphatic rings. The van der Waals surface area contributed by atoms with Crippen LogP contribution in [-0.4, -0.2) is 48.8 Å². The first-order chi connectivity index (χ1) is 9.63. The van der Waals surface area contributed by atoms with Gasteiger partial charge in [0.15, 0.2) is 0 Å². The van der Waals surface area contributed by atoms with Gasteiger partial charge in [-0.05, 0) is 51.8 Å². The molecular formula is C16H27N3O. The molecule has 1 aliphatic heterocycles. The summed E-state index contributed by atoms with van der Waals surface area (Å²) in [5, 5.41) is 3.45. The van der Waals surface area contributed by atoms with Gasteiger partial charge in [-0.3, -0.25) is 0 Å². The lowest BCUT2D eigenvalue weighted by Crippen LogP contribution is -2.27. The quantitative estimate of drug-likeness (QED) is 0.831. The number of nitrogens with one attached hydrogen (secondary N) is 1. The minimum atomic E-state index is 0.336. The van der Waals surface area contributed by atoms with Gasteiger partial charge in [0.25, 0.3) is 0 Å². The van der Waals surface area contributed by atoms with Gasteiger partial charge in [-0.25, -0.2) is 4.98 Å². The number of anilines is 1. The molecule has 0 spiro atoms. The number of aryl methyl sites for hydroxylation is 1. The Hall–Kier alpha value is -1.13. The molecule has 112 valence electrons. The van der Waals surface area contributed by atoms with Crippen LogP contribution in [0.3, 0.4) is 0 Å². The predicted octanol–water partition coefficient (Wildman–Crippen LogP) is 2.55. The molecule has 20 heavy (non-hydrogen) atoms. The molecule has 1 aromatic rings. The zero-order valence-corrected chi connectivity index (χ0v) is 12.9. The highest BCUT2D eigenvalue weighted by molar-refractivity contribution is 5.35. The molecule has 4 nitrogen and oxygen atoms in total. The maximum atomic E-state index is 5.61. The molecule has 1 N–H and O–H groups in total. The third-order valence-corrected chi connectivity index (χ3v) is 3.69.